The summed E-state index contributed by atoms with van der Waals surface area (Å²) in [6.45, 7) is 1.64. The molecule has 2 N–H and O–H groups in total. The summed E-state index contributed by atoms with van der Waals surface area (Å²) in [7, 11) is 4.19. The molecule has 2 aromatic carbocycles. The first-order chi connectivity index (χ1) is 17.7. The summed E-state index contributed by atoms with van der Waals surface area (Å²) in [4.78, 5) is 55.8. The van der Waals surface area contributed by atoms with Crippen molar-refractivity contribution < 1.29 is 28.6 Å². The zero-order valence-corrected chi connectivity index (χ0v) is 21.1. The van der Waals surface area contributed by atoms with Crippen molar-refractivity contribution in [2.24, 2.45) is 0 Å². The largest absolute Gasteiger partial charge is 0.497 e. The minimum atomic E-state index is -0.725. The van der Waals surface area contributed by atoms with Crippen LogP contribution in [0.2, 0.25) is 0 Å². The molecule has 0 spiro atoms. The summed E-state index contributed by atoms with van der Waals surface area (Å²) >= 11 is 0.897. The van der Waals surface area contributed by atoms with Crippen molar-refractivity contribution in [1.82, 2.24) is 9.38 Å². The number of nitrogens with one attached hydrogen (secondary N) is 2. The minimum Gasteiger partial charge on any atom is -0.497 e. The number of rotatable bonds is 7. The lowest BCUT2D eigenvalue weighted by Crippen LogP contribution is -2.25. The number of fused-ring (bicyclic) bond motifs is 1. The van der Waals surface area contributed by atoms with Crippen molar-refractivity contribution in [3.05, 3.63) is 80.7 Å². The monoisotopic (exact) mass is 522 g/mol. The summed E-state index contributed by atoms with van der Waals surface area (Å²) in [6, 6.07) is 12.1. The standard InChI is InChI=1S/C25H22N4O7S/c1-13-11-19(30)29-20(22(31)28-17-12-16(34-2)9-10-18(17)35-3)21(37-25(29)26-13)23(32)27-15-7-5-14(6-8-15)24(33)36-4/h5-12H,1-4H3,(H,27,32)(H,28,31). The van der Waals surface area contributed by atoms with Gasteiger partial charge in [-0.25, -0.2) is 14.2 Å². The Balaban J connectivity index is 1.75. The van der Waals surface area contributed by atoms with Crippen LogP contribution in [0.15, 0.2) is 53.3 Å². The molecule has 2 amide bonds. The predicted octanol–water partition coefficient (Wildman–Crippen LogP) is 3.37. The Hall–Kier alpha value is -4.71. The molecule has 0 fully saturated rings. The maximum atomic E-state index is 13.5. The number of amides is 2. The molecule has 4 aromatic rings. The van der Waals surface area contributed by atoms with Crippen LogP contribution in [0.5, 0.6) is 11.5 Å². The molecule has 0 aliphatic heterocycles. The first kappa shape index (κ1) is 25.4. The number of methoxy groups -OCH3 is 3. The molecule has 2 heterocycles. The molecule has 11 nitrogen and oxygen atoms in total. The highest BCUT2D eigenvalue weighted by molar-refractivity contribution is 7.19. The van der Waals surface area contributed by atoms with Gasteiger partial charge in [0.05, 0.1) is 32.6 Å². The number of anilines is 2. The summed E-state index contributed by atoms with van der Waals surface area (Å²) in [6.07, 6.45) is 0. The van der Waals surface area contributed by atoms with E-state index in [-0.39, 0.29) is 21.2 Å². The highest BCUT2D eigenvalue weighted by Gasteiger charge is 2.27. The van der Waals surface area contributed by atoms with Gasteiger partial charge in [-0.05, 0) is 43.3 Å². The second kappa shape index (κ2) is 10.5. The van der Waals surface area contributed by atoms with Gasteiger partial charge < -0.3 is 24.8 Å². The molecule has 12 heteroatoms. The molecule has 0 saturated carbocycles. The van der Waals surface area contributed by atoms with Crippen molar-refractivity contribution in [2.45, 2.75) is 6.92 Å². The number of thiazole rings is 1. The predicted molar refractivity (Wildman–Crippen MR) is 137 cm³/mol. The quantitative estimate of drug-likeness (QED) is 0.353. The maximum Gasteiger partial charge on any atom is 0.337 e. The number of ether oxygens (including phenoxy) is 3. The lowest BCUT2D eigenvalue weighted by molar-refractivity contribution is 0.0600. The van der Waals surface area contributed by atoms with Crippen molar-refractivity contribution in [3.63, 3.8) is 0 Å². The number of carbonyl (C=O) groups is 3. The molecule has 190 valence electrons. The Labute approximate surface area is 214 Å². The summed E-state index contributed by atoms with van der Waals surface area (Å²) in [5.41, 5.74) is 0.699. The summed E-state index contributed by atoms with van der Waals surface area (Å²) in [5, 5.41) is 5.39. The number of nitrogens with zero attached hydrogens (tertiary/aromatic N) is 2. The molecule has 0 unspecified atom stereocenters. The van der Waals surface area contributed by atoms with Crippen molar-refractivity contribution >= 4 is 45.5 Å². The number of carbonyl (C=O) groups excluding carboxylic acids is 3. The van der Waals surface area contributed by atoms with Gasteiger partial charge in [0.25, 0.3) is 17.4 Å². The normalized spacial score (nSPS) is 10.6. The Kier molecular flexibility index (Phi) is 7.20. The Morgan fingerprint density at radius 1 is 0.919 bits per heavy atom. The molecule has 2 aromatic heterocycles. The second-order valence-corrected chi connectivity index (χ2v) is 8.65. The van der Waals surface area contributed by atoms with E-state index >= 15 is 0 Å². The second-order valence-electron chi connectivity index (χ2n) is 7.68. The lowest BCUT2D eigenvalue weighted by atomic mass is 10.2. The third kappa shape index (κ3) is 5.14. The smallest absolute Gasteiger partial charge is 0.337 e. The van der Waals surface area contributed by atoms with E-state index in [1.807, 2.05) is 0 Å². The van der Waals surface area contributed by atoms with Crippen molar-refractivity contribution in [2.75, 3.05) is 32.0 Å². The van der Waals surface area contributed by atoms with Crippen LogP contribution in [0.25, 0.3) is 4.96 Å². The van der Waals surface area contributed by atoms with Gasteiger partial charge in [-0.3, -0.25) is 14.4 Å². The fourth-order valence-corrected chi connectivity index (χ4v) is 4.60. The molecule has 0 saturated heterocycles. The van der Waals surface area contributed by atoms with E-state index in [1.165, 1.54) is 51.7 Å². The van der Waals surface area contributed by atoms with Crippen molar-refractivity contribution in [3.8, 4) is 11.5 Å². The van der Waals surface area contributed by atoms with Crippen LogP contribution >= 0.6 is 11.3 Å². The maximum absolute atomic E-state index is 13.5. The molecule has 0 bridgehead atoms. The van der Waals surface area contributed by atoms with Gasteiger partial charge in [-0.1, -0.05) is 11.3 Å². The highest BCUT2D eigenvalue weighted by atomic mass is 32.1. The molecule has 37 heavy (non-hydrogen) atoms. The van der Waals surface area contributed by atoms with Gasteiger partial charge >= 0.3 is 5.97 Å². The van der Waals surface area contributed by atoms with Crippen LogP contribution in [0.1, 0.15) is 36.2 Å². The van der Waals surface area contributed by atoms with Gasteiger partial charge in [0.15, 0.2) is 4.96 Å². The topological polar surface area (TPSA) is 137 Å². The van der Waals surface area contributed by atoms with Gasteiger partial charge in [-0.15, -0.1) is 0 Å². The number of hydrogen-bond acceptors (Lipinski definition) is 9. The third-order valence-corrected chi connectivity index (χ3v) is 6.33. The Morgan fingerprint density at radius 3 is 2.30 bits per heavy atom. The number of aromatic nitrogens is 2. The molecule has 0 atom stereocenters. The van der Waals surface area contributed by atoms with Crippen LogP contribution in [-0.2, 0) is 4.74 Å². The highest BCUT2D eigenvalue weighted by Crippen LogP contribution is 2.30. The van der Waals surface area contributed by atoms with E-state index in [0.29, 0.717) is 28.4 Å². The average molecular weight is 523 g/mol. The van der Waals surface area contributed by atoms with E-state index < -0.39 is 23.3 Å². The SMILES string of the molecule is COC(=O)c1ccc(NC(=O)c2sc3nc(C)cc(=O)n3c2C(=O)Nc2cc(OC)ccc2OC)cc1. The molecular formula is C25H22N4O7S. The van der Waals surface area contributed by atoms with E-state index in [4.69, 9.17) is 9.47 Å². The first-order valence-corrected chi connectivity index (χ1v) is 11.6. The van der Waals surface area contributed by atoms with Crippen molar-refractivity contribution in [1.29, 1.82) is 0 Å². The molecule has 0 aliphatic carbocycles. The Morgan fingerprint density at radius 2 is 1.65 bits per heavy atom. The van der Waals surface area contributed by atoms with E-state index in [1.54, 1.807) is 25.1 Å². The number of hydrogen-bond donors (Lipinski definition) is 2. The van der Waals surface area contributed by atoms with Gasteiger partial charge in [0.2, 0.25) is 0 Å². The average Bonchev–Trinajstić information content (AvgIpc) is 3.28. The molecule has 0 aliphatic rings. The minimum absolute atomic E-state index is 0.0355. The van der Waals surface area contributed by atoms with Crippen LogP contribution in [0.4, 0.5) is 11.4 Å². The number of esters is 1. The molecule has 4 rings (SSSR count). The van der Waals surface area contributed by atoms with Gasteiger partial charge in [0.1, 0.15) is 22.1 Å². The fourth-order valence-electron chi connectivity index (χ4n) is 3.53. The first-order valence-electron chi connectivity index (χ1n) is 10.8. The third-order valence-electron chi connectivity index (χ3n) is 5.29. The van der Waals surface area contributed by atoms with Crippen LogP contribution in [0.3, 0.4) is 0 Å². The lowest BCUT2D eigenvalue weighted by Gasteiger charge is -2.12. The number of aryl methyl sites for hydroxylation is 1. The van der Waals surface area contributed by atoms with E-state index in [0.717, 1.165) is 15.7 Å². The van der Waals surface area contributed by atoms with E-state index in [2.05, 4.69) is 20.4 Å². The number of benzene rings is 2. The fraction of sp³-hybridized carbons (Fsp3) is 0.160. The zero-order valence-electron chi connectivity index (χ0n) is 20.3. The summed E-state index contributed by atoms with van der Waals surface area (Å²) in [5.74, 6) is -1.06. The van der Waals surface area contributed by atoms with Crippen LogP contribution in [0, 0.1) is 6.92 Å². The van der Waals surface area contributed by atoms with E-state index in [9.17, 15) is 19.2 Å². The van der Waals surface area contributed by atoms with Gasteiger partial charge in [-0.2, -0.15) is 0 Å². The van der Waals surface area contributed by atoms with Crippen LogP contribution in [-0.4, -0.2) is 48.5 Å². The zero-order chi connectivity index (χ0) is 26.7. The van der Waals surface area contributed by atoms with Gasteiger partial charge in [0, 0.05) is 23.5 Å². The molecule has 0 radical (unpaired) electrons. The van der Waals surface area contributed by atoms with Crippen LogP contribution < -0.4 is 25.7 Å². The molecular weight excluding hydrogens is 500 g/mol. The Bertz CT molecular complexity index is 1570. The summed E-state index contributed by atoms with van der Waals surface area (Å²) < 4.78 is 16.3.